The highest BCUT2D eigenvalue weighted by atomic mass is 35.5. The van der Waals surface area contributed by atoms with E-state index >= 15 is 0 Å². The Morgan fingerprint density at radius 1 is 1.07 bits per heavy atom. The van der Waals surface area contributed by atoms with Gasteiger partial charge in [0.1, 0.15) is 6.04 Å². The van der Waals surface area contributed by atoms with Gasteiger partial charge in [-0.1, -0.05) is 25.4 Å². The third kappa shape index (κ3) is 3.68. The number of carbonyl (C=O) groups is 2. The molecule has 152 valence electrons. The average molecular weight is 403 g/mol. The Morgan fingerprint density at radius 2 is 1.64 bits per heavy atom. The molecule has 4 fully saturated rings. The maximum atomic E-state index is 13.4. The van der Waals surface area contributed by atoms with E-state index in [2.05, 4.69) is 10.6 Å². The Morgan fingerprint density at radius 3 is 2.14 bits per heavy atom. The highest BCUT2D eigenvalue weighted by Gasteiger charge is 2.55. The fourth-order valence-corrected chi connectivity index (χ4v) is 6.42. The minimum Gasteiger partial charge on any atom is -0.344 e. The molecule has 1 unspecified atom stereocenters. The molecule has 5 heteroatoms. The van der Waals surface area contributed by atoms with E-state index in [1.807, 2.05) is 32.9 Å². The molecule has 0 aromatic heterocycles. The maximum Gasteiger partial charge on any atom is 0.247 e. The van der Waals surface area contributed by atoms with Gasteiger partial charge in [0.15, 0.2) is 0 Å². The van der Waals surface area contributed by atoms with Gasteiger partial charge < -0.3 is 10.6 Å². The Hall–Kier alpha value is -1.55. The number of hydrogen-bond donors (Lipinski definition) is 2. The second-order valence-corrected chi connectivity index (χ2v) is 10.3. The first-order valence-electron chi connectivity index (χ1n) is 10.6. The first kappa shape index (κ1) is 19.8. The molecular formula is C23H31ClN2O2. The Balaban J connectivity index is 1.47. The molecule has 1 aromatic rings. The van der Waals surface area contributed by atoms with Crippen LogP contribution in [0.5, 0.6) is 0 Å². The van der Waals surface area contributed by atoms with Crippen molar-refractivity contribution in [3.8, 4) is 0 Å². The molecule has 4 saturated carbocycles. The van der Waals surface area contributed by atoms with Crippen molar-refractivity contribution in [2.45, 2.75) is 65.3 Å². The lowest BCUT2D eigenvalue weighted by atomic mass is 9.49. The average Bonchev–Trinajstić information content (AvgIpc) is 2.60. The van der Waals surface area contributed by atoms with Gasteiger partial charge in [0.25, 0.3) is 0 Å². The van der Waals surface area contributed by atoms with Crippen LogP contribution in [0.1, 0.15) is 57.9 Å². The highest BCUT2D eigenvalue weighted by Crippen LogP contribution is 2.60. The number of amides is 2. The van der Waals surface area contributed by atoms with E-state index in [0.717, 1.165) is 30.5 Å². The number of hydrogen-bond acceptors (Lipinski definition) is 2. The van der Waals surface area contributed by atoms with Crippen molar-refractivity contribution in [2.24, 2.45) is 29.1 Å². The van der Waals surface area contributed by atoms with Crippen LogP contribution in [0.2, 0.25) is 5.02 Å². The van der Waals surface area contributed by atoms with Crippen molar-refractivity contribution in [3.63, 3.8) is 0 Å². The molecule has 4 bridgehead atoms. The van der Waals surface area contributed by atoms with E-state index in [-0.39, 0.29) is 23.1 Å². The summed E-state index contributed by atoms with van der Waals surface area (Å²) in [5, 5.41) is 6.78. The molecule has 1 aromatic carbocycles. The molecule has 4 aliphatic rings. The molecule has 4 aliphatic carbocycles. The van der Waals surface area contributed by atoms with E-state index in [1.165, 1.54) is 19.3 Å². The topological polar surface area (TPSA) is 58.2 Å². The van der Waals surface area contributed by atoms with Gasteiger partial charge in [0.05, 0.1) is 0 Å². The summed E-state index contributed by atoms with van der Waals surface area (Å²) in [6, 6.07) is 4.88. The van der Waals surface area contributed by atoms with Gasteiger partial charge in [0, 0.05) is 16.1 Å². The summed E-state index contributed by atoms with van der Waals surface area (Å²) in [7, 11) is 0. The van der Waals surface area contributed by atoms with Crippen LogP contribution in [0.15, 0.2) is 18.2 Å². The van der Waals surface area contributed by atoms with Crippen LogP contribution in [-0.4, -0.2) is 17.9 Å². The SMILES string of the molecule is Cc1cc(Cl)ccc1NC(=O)C(NC(=O)C12CC3CC(CC(C3)C1)C2)C(C)C. The molecule has 1 atom stereocenters. The highest BCUT2D eigenvalue weighted by molar-refractivity contribution is 6.30. The lowest BCUT2D eigenvalue weighted by Crippen LogP contribution is -2.57. The lowest BCUT2D eigenvalue weighted by molar-refractivity contribution is -0.148. The minimum atomic E-state index is -0.532. The van der Waals surface area contributed by atoms with Crippen LogP contribution in [0.25, 0.3) is 0 Å². The third-order valence-electron chi connectivity index (χ3n) is 7.20. The summed E-state index contributed by atoms with van der Waals surface area (Å²) in [6.45, 7) is 5.89. The van der Waals surface area contributed by atoms with Crippen LogP contribution in [-0.2, 0) is 9.59 Å². The van der Waals surface area contributed by atoms with Gasteiger partial charge in [-0.3, -0.25) is 9.59 Å². The molecule has 0 heterocycles. The molecule has 2 amide bonds. The molecule has 0 saturated heterocycles. The van der Waals surface area contributed by atoms with Gasteiger partial charge in [0.2, 0.25) is 11.8 Å². The van der Waals surface area contributed by atoms with Gasteiger partial charge >= 0.3 is 0 Å². The number of anilines is 1. The zero-order valence-corrected chi connectivity index (χ0v) is 17.8. The molecule has 0 aliphatic heterocycles. The zero-order valence-electron chi connectivity index (χ0n) is 17.1. The van der Waals surface area contributed by atoms with Crippen LogP contribution >= 0.6 is 11.6 Å². The predicted octanol–water partition coefficient (Wildman–Crippen LogP) is 4.94. The van der Waals surface area contributed by atoms with Crippen LogP contribution in [0.4, 0.5) is 5.69 Å². The number of rotatable bonds is 5. The van der Waals surface area contributed by atoms with Crippen molar-refractivity contribution in [1.29, 1.82) is 0 Å². The van der Waals surface area contributed by atoms with Crippen LogP contribution in [0, 0.1) is 36.0 Å². The summed E-state index contributed by atoms with van der Waals surface area (Å²) in [4.78, 5) is 26.4. The Bertz CT molecular complexity index is 754. The number of carbonyl (C=O) groups excluding carboxylic acids is 2. The number of halogens is 1. The predicted molar refractivity (Wildman–Crippen MR) is 112 cm³/mol. The monoisotopic (exact) mass is 402 g/mol. The molecule has 5 rings (SSSR count). The second kappa shape index (κ2) is 7.37. The van der Waals surface area contributed by atoms with Crippen LogP contribution < -0.4 is 10.6 Å². The van der Waals surface area contributed by atoms with Gasteiger partial charge in [-0.2, -0.15) is 0 Å². The maximum absolute atomic E-state index is 13.4. The van der Waals surface area contributed by atoms with Gasteiger partial charge in [-0.05, 0) is 92.9 Å². The minimum absolute atomic E-state index is 0.0190. The molecular weight excluding hydrogens is 372 g/mol. The van der Waals surface area contributed by atoms with E-state index in [4.69, 9.17) is 11.6 Å². The van der Waals surface area contributed by atoms with E-state index in [1.54, 1.807) is 6.07 Å². The molecule has 28 heavy (non-hydrogen) atoms. The zero-order chi connectivity index (χ0) is 20.1. The first-order valence-corrected chi connectivity index (χ1v) is 11.0. The Labute approximate surface area is 172 Å². The molecule has 0 radical (unpaired) electrons. The summed E-state index contributed by atoms with van der Waals surface area (Å²) < 4.78 is 0. The second-order valence-electron chi connectivity index (χ2n) is 9.84. The fraction of sp³-hybridized carbons (Fsp3) is 0.652. The number of nitrogens with one attached hydrogen (secondary N) is 2. The number of benzene rings is 1. The first-order chi connectivity index (χ1) is 13.3. The standard InChI is InChI=1S/C23H31ClN2O2/c1-13(2)20(21(27)25-19-5-4-18(24)6-14(19)3)26-22(28)23-10-15-7-16(11-23)9-17(8-15)12-23/h4-6,13,15-17,20H,7-12H2,1-3H3,(H,25,27)(H,26,28). The molecule has 2 N–H and O–H groups in total. The lowest BCUT2D eigenvalue weighted by Gasteiger charge is -2.55. The summed E-state index contributed by atoms with van der Waals surface area (Å²) in [6.07, 6.45) is 6.93. The summed E-state index contributed by atoms with van der Waals surface area (Å²) in [5.41, 5.74) is 1.41. The smallest absolute Gasteiger partial charge is 0.247 e. The summed E-state index contributed by atoms with van der Waals surface area (Å²) >= 11 is 6.02. The summed E-state index contributed by atoms with van der Waals surface area (Å²) in [5.74, 6) is 2.09. The fourth-order valence-electron chi connectivity index (χ4n) is 6.20. The molecule has 0 spiro atoms. The van der Waals surface area contributed by atoms with E-state index in [0.29, 0.717) is 22.8 Å². The van der Waals surface area contributed by atoms with Crippen LogP contribution in [0.3, 0.4) is 0 Å². The van der Waals surface area contributed by atoms with Gasteiger partial charge in [-0.25, -0.2) is 0 Å². The van der Waals surface area contributed by atoms with E-state index < -0.39 is 6.04 Å². The number of aryl methyl sites for hydroxylation is 1. The van der Waals surface area contributed by atoms with E-state index in [9.17, 15) is 9.59 Å². The van der Waals surface area contributed by atoms with Crippen molar-refractivity contribution >= 4 is 29.1 Å². The largest absolute Gasteiger partial charge is 0.344 e. The van der Waals surface area contributed by atoms with Crippen molar-refractivity contribution in [3.05, 3.63) is 28.8 Å². The quantitative estimate of drug-likeness (QED) is 0.732. The van der Waals surface area contributed by atoms with Crippen molar-refractivity contribution < 1.29 is 9.59 Å². The van der Waals surface area contributed by atoms with Crippen molar-refractivity contribution in [2.75, 3.05) is 5.32 Å². The normalized spacial score (nSPS) is 31.7. The van der Waals surface area contributed by atoms with Gasteiger partial charge in [-0.15, -0.1) is 0 Å². The third-order valence-corrected chi connectivity index (χ3v) is 7.44. The van der Waals surface area contributed by atoms with Crippen molar-refractivity contribution in [1.82, 2.24) is 5.32 Å². The Kier molecular flexibility index (Phi) is 5.20. The molecule has 4 nitrogen and oxygen atoms in total.